The van der Waals surface area contributed by atoms with Gasteiger partial charge in [0.1, 0.15) is 0 Å². The van der Waals surface area contributed by atoms with E-state index in [1.54, 1.807) is 0 Å². The Kier molecular flexibility index (Phi) is 7.03. The third-order valence-electron chi connectivity index (χ3n) is 3.83. The van der Waals surface area contributed by atoms with Gasteiger partial charge in [-0.2, -0.15) is 0 Å². The Hall–Kier alpha value is -2.08. The predicted octanol–water partition coefficient (Wildman–Crippen LogP) is 7.08. The van der Waals surface area contributed by atoms with Crippen molar-refractivity contribution in [1.82, 2.24) is 0 Å². The van der Waals surface area contributed by atoms with Crippen LogP contribution in [0.25, 0.3) is 12.2 Å². The van der Waals surface area contributed by atoms with Gasteiger partial charge in [-0.25, -0.2) is 0 Å². The SMILES string of the molecule is C=Cc1ccccc1C(C)(C)C.C=Cc1ccccc1C(C)C. The number of rotatable bonds is 3. The van der Waals surface area contributed by atoms with Crippen LogP contribution in [0.4, 0.5) is 0 Å². The van der Waals surface area contributed by atoms with E-state index in [4.69, 9.17) is 0 Å². The smallest absolute Gasteiger partial charge is 0.0126 e. The Labute approximate surface area is 142 Å². The molecule has 0 fully saturated rings. The lowest BCUT2D eigenvalue weighted by Crippen LogP contribution is -2.12. The summed E-state index contributed by atoms with van der Waals surface area (Å²) in [6, 6.07) is 16.8. The van der Waals surface area contributed by atoms with Crippen LogP contribution in [-0.2, 0) is 5.41 Å². The highest BCUT2D eigenvalue weighted by Crippen LogP contribution is 2.26. The first-order valence-electron chi connectivity index (χ1n) is 8.24. The van der Waals surface area contributed by atoms with E-state index in [0.29, 0.717) is 5.92 Å². The van der Waals surface area contributed by atoms with Gasteiger partial charge < -0.3 is 0 Å². The minimum Gasteiger partial charge on any atom is -0.0985 e. The van der Waals surface area contributed by atoms with Crippen LogP contribution in [0.3, 0.4) is 0 Å². The quantitative estimate of drug-likeness (QED) is 0.568. The Morgan fingerprint density at radius 1 is 0.783 bits per heavy atom. The van der Waals surface area contributed by atoms with Crippen LogP contribution < -0.4 is 0 Å². The fourth-order valence-corrected chi connectivity index (χ4v) is 2.58. The number of hydrogen-bond donors (Lipinski definition) is 0. The van der Waals surface area contributed by atoms with Gasteiger partial charge in [0.15, 0.2) is 0 Å². The molecule has 0 N–H and O–H groups in total. The van der Waals surface area contributed by atoms with Crippen molar-refractivity contribution in [3.63, 3.8) is 0 Å². The van der Waals surface area contributed by atoms with Crippen molar-refractivity contribution >= 4 is 12.2 Å². The Morgan fingerprint density at radius 3 is 1.65 bits per heavy atom. The molecule has 0 unspecified atom stereocenters. The van der Waals surface area contributed by atoms with E-state index < -0.39 is 0 Å². The fraction of sp³-hybridized carbons (Fsp3) is 0.304. The first kappa shape index (κ1) is 19.0. The van der Waals surface area contributed by atoms with Gasteiger partial charge in [-0.05, 0) is 33.6 Å². The normalized spacial score (nSPS) is 10.7. The Balaban J connectivity index is 0.000000231. The molecule has 0 aliphatic carbocycles. The fourth-order valence-electron chi connectivity index (χ4n) is 2.58. The summed E-state index contributed by atoms with van der Waals surface area (Å²) in [6.07, 6.45) is 3.83. The minimum atomic E-state index is 0.213. The zero-order valence-electron chi connectivity index (χ0n) is 15.3. The van der Waals surface area contributed by atoms with Crippen molar-refractivity contribution in [2.24, 2.45) is 0 Å². The Bertz CT molecular complexity index is 639. The maximum Gasteiger partial charge on any atom is -0.0126 e. The van der Waals surface area contributed by atoms with Gasteiger partial charge in [-0.15, -0.1) is 0 Å². The van der Waals surface area contributed by atoms with Crippen LogP contribution in [0, 0.1) is 0 Å². The van der Waals surface area contributed by atoms with Gasteiger partial charge in [0, 0.05) is 0 Å². The Morgan fingerprint density at radius 2 is 1.26 bits per heavy atom. The van der Waals surface area contributed by atoms with Crippen molar-refractivity contribution in [2.45, 2.75) is 46.0 Å². The molecule has 2 aromatic rings. The summed E-state index contributed by atoms with van der Waals surface area (Å²) in [7, 11) is 0. The molecule has 0 heteroatoms. The first-order chi connectivity index (χ1) is 10.8. The van der Waals surface area contributed by atoms with E-state index >= 15 is 0 Å². The van der Waals surface area contributed by atoms with Gasteiger partial charge in [0.25, 0.3) is 0 Å². The molecule has 2 rings (SSSR count). The molecule has 2 aromatic carbocycles. The summed E-state index contributed by atoms with van der Waals surface area (Å²) in [5, 5.41) is 0. The maximum absolute atomic E-state index is 3.81. The number of benzene rings is 2. The lowest BCUT2D eigenvalue weighted by molar-refractivity contribution is 0.589. The molecule has 0 bridgehead atoms. The monoisotopic (exact) mass is 306 g/mol. The van der Waals surface area contributed by atoms with Crippen LogP contribution in [0.5, 0.6) is 0 Å². The van der Waals surface area contributed by atoms with E-state index in [1.165, 1.54) is 22.3 Å². The standard InChI is InChI=1S/C12H16.C11H14/c1-5-10-8-6-7-9-11(10)12(2,3)4;1-4-10-7-5-6-8-11(10)9(2)3/h5-9H,1H2,2-4H3;4-9H,1H2,2-3H3. The van der Waals surface area contributed by atoms with E-state index in [1.807, 2.05) is 24.3 Å². The second-order valence-electron chi connectivity index (χ2n) is 7.03. The molecule has 0 saturated carbocycles. The largest absolute Gasteiger partial charge is 0.0985 e. The zero-order valence-corrected chi connectivity index (χ0v) is 15.3. The van der Waals surface area contributed by atoms with Crippen molar-refractivity contribution in [1.29, 1.82) is 0 Å². The molecule has 122 valence electrons. The van der Waals surface area contributed by atoms with Gasteiger partial charge in [0.05, 0.1) is 0 Å². The van der Waals surface area contributed by atoms with Crippen LogP contribution >= 0.6 is 0 Å². The highest BCUT2D eigenvalue weighted by molar-refractivity contribution is 5.54. The lowest BCUT2D eigenvalue weighted by atomic mass is 9.84. The van der Waals surface area contributed by atoms with E-state index in [2.05, 4.69) is 84.2 Å². The maximum atomic E-state index is 3.81. The summed E-state index contributed by atoms with van der Waals surface area (Å²) in [5.41, 5.74) is 5.44. The molecule has 0 spiro atoms. The second kappa shape index (κ2) is 8.53. The average molecular weight is 306 g/mol. The van der Waals surface area contributed by atoms with Gasteiger partial charge in [-0.3, -0.25) is 0 Å². The lowest BCUT2D eigenvalue weighted by Gasteiger charge is -2.21. The van der Waals surface area contributed by atoms with Crippen LogP contribution in [0.2, 0.25) is 0 Å². The van der Waals surface area contributed by atoms with Gasteiger partial charge >= 0.3 is 0 Å². The highest BCUT2D eigenvalue weighted by atomic mass is 14.2. The number of hydrogen-bond acceptors (Lipinski definition) is 0. The summed E-state index contributed by atoms with van der Waals surface area (Å²) < 4.78 is 0. The summed E-state index contributed by atoms with van der Waals surface area (Å²) in [6.45, 7) is 18.6. The zero-order chi connectivity index (χ0) is 17.5. The third kappa shape index (κ3) is 5.56. The van der Waals surface area contributed by atoms with Crippen LogP contribution in [0.15, 0.2) is 61.7 Å². The molecule has 0 amide bonds. The summed E-state index contributed by atoms with van der Waals surface area (Å²) >= 11 is 0. The molecule has 0 saturated heterocycles. The molecule has 0 radical (unpaired) electrons. The summed E-state index contributed by atoms with van der Waals surface area (Å²) in [4.78, 5) is 0. The first-order valence-corrected chi connectivity index (χ1v) is 8.24. The summed E-state index contributed by atoms with van der Waals surface area (Å²) in [5.74, 6) is 0.587. The molecular formula is C23H30. The van der Waals surface area contributed by atoms with Crippen molar-refractivity contribution in [3.05, 3.63) is 83.9 Å². The van der Waals surface area contributed by atoms with E-state index in [-0.39, 0.29) is 5.41 Å². The topological polar surface area (TPSA) is 0 Å². The van der Waals surface area contributed by atoms with Crippen molar-refractivity contribution < 1.29 is 0 Å². The highest BCUT2D eigenvalue weighted by Gasteiger charge is 2.15. The predicted molar refractivity (Wildman–Crippen MR) is 106 cm³/mol. The second-order valence-corrected chi connectivity index (χ2v) is 7.03. The third-order valence-corrected chi connectivity index (χ3v) is 3.83. The molecular weight excluding hydrogens is 276 g/mol. The molecule has 0 aliphatic rings. The molecule has 0 atom stereocenters. The van der Waals surface area contributed by atoms with Crippen molar-refractivity contribution in [2.75, 3.05) is 0 Å². The molecule has 0 aromatic heterocycles. The van der Waals surface area contributed by atoms with Crippen molar-refractivity contribution in [3.8, 4) is 0 Å². The molecule has 0 heterocycles. The molecule has 0 aliphatic heterocycles. The van der Waals surface area contributed by atoms with Crippen LogP contribution in [0.1, 0.15) is 62.8 Å². The van der Waals surface area contributed by atoms with E-state index in [0.717, 1.165) is 0 Å². The molecule has 23 heavy (non-hydrogen) atoms. The average Bonchev–Trinajstić information content (AvgIpc) is 2.54. The van der Waals surface area contributed by atoms with Crippen LogP contribution in [-0.4, -0.2) is 0 Å². The van der Waals surface area contributed by atoms with Gasteiger partial charge in [-0.1, -0.05) is 108 Å². The van der Waals surface area contributed by atoms with Gasteiger partial charge in [0.2, 0.25) is 0 Å². The minimum absolute atomic E-state index is 0.213. The molecule has 0 nitrogen and oxygen atoms in total. The van der Waals surface area contributed by atoms with E-state index in [9.17, 15) is 0 Å².